The minimum atomic E-state index is -0.367. The van der Waals surface area contributed by atoms with Crippen LogP contribution in [0.3, 0.4) is 0 Å². The van der Waals surface area contributed by atoms with Crippen LogP contribution in [0.2, 0.25) is 0 Å². The monoisotopic (exact) mass is 627 g/mol. The molecule has 0 atom stereocenters. The van der Waals surface area contributed by atoms with E-state index in [0.29, 0.717) is 26.0 Å². The molecule has 0 aromatic rings. The third-order valence-electron chi connectivity index (χ3n) is 7.99. The highest BCUT2D eigenvalue weighted by Crippen LogP contribution is 2.13. The Morgan fingerprint density at radius 2 is 0.841 bits per heavy atom. The standard InChI is InChI=1S/C36H70N2O6/c1-5-7-9-11-13-15-17-19-21-23-25-27-35(40)43-32-38(34(39)31-42-30-29-37(3)4)33-44-36(41)28-26-24-22-20-18-16-14-12-10-8-6-2/h5-33H2,1-4H3. The van der Waals surface area contributed by atoms with Gasteiger partial charge in [-0.3, -0.25) is 19.3 Å². The van der Waals surface area contributed by atoms with E-state index in [1.165, 1.54) is 108 Å². The first-order valence-corrected chi connectivity index (χ1v) is 18.2. The summed E-state index contributed by atoms with van der Waals surface area (Å²) in [6, 6.07) is 0. The highest BCUT2D eigenvalue weighted by atomic mass is 16.6. The Labute approximate surface area is 271 Å². The Morgan fingerprint density at radius 1 is 0.500 bits per heavy atom. The summed E-state index contributed by atoms with van der Waals surface area (Å²) in [5, 5.41) is 0. The number of unbranched alkanes of at least 4 members (excludes halogenated alkanes) is 20. The van der Waals surface area contributed by atoms with E-state index in [9.17, 15) is 14.4 Å². The fourth-order valence-electron chi connectivity index (χ4n) is 4.99. The molecule has 8 heteroatoms. The van der Waals surface area contributed by atoms with Crippen molar-refractivity contribution in [2.24, 2.45) is 0 Å². The van der Waals surface area contributed by atoms with E-state index >= 15 is 0 Å². The van der Waals surface area contributed by atoms with Gasteiger partial charge >= 0.3 is 11.9 Å². The van der Waals surface area contributed by atoms with Gasteiger partial charge in [-0.15, -0.1) is 0 Å². The molecule has 0 spiro atoms. The van der Waals surface area contributed by atoms with Gasteiger partial charge in [-0.25, -0.2) is 0 Å². The molecule has 0 aromatic carbocycles. The second-order valence-electron chi connectivity index (χ2n) is 12.7. The smallest absolute Gasteiger partial charge is 0.307 e. The van der Waals surface area contributed by atoms with E-state index in [1.807, 2.05) is 19.0 Å². The van der Waals surface area contributed by atoms with E-state index in [-0.39, 0.29) is 37.9 Å². The van der Waals surface area contributed by atoms with Gasteiger partial charge < -0.3 is 19.1 Å². The fourth-order valence-corrected chi connectivity index (χ4v) is 4.99. The van der Waals surface area contributed by atoms with Crippen LogP contribution in [-0.2, 0) is 28.6 Å². The largest absolute Gasteiger partial charge is 0.444 e. The molecule has 44 heavy (non-hydrogen) atoms. The maximum atomic E-state index is 12.7. The lowest BCUT2D eigenvalue weighted by atomic mass is 10.1. The molecule has 0 heterocycles. The minimum Gasteiger partial charge on any atom is -0.444 e. The van der Waals surface area contributed by atoms with Crippen LogP contribution in [0.25, 0.3) is 0 Å². The van der Waals surface area contributed by atoms with Gasteiger partial charge in [0.1, 0.15) is 6.61 Å². The van der Waals surface area contributed by atoms with Gasteiger partial charge in [0.25, 0.3) is 5.91 Å². The van der Waals surface area contributed by atoms with Gasteiger partial charge in [-0.05, 0) is 26.9 Å². The zero-order chi connectivity index (χ0) is 32.5. The summed E-state index contributed by atoms with van der Waals surface area (Å²) < 4.78 is 16.2. The van der Waals surface area contributed by atoms with Crippen molar-refractivity contribution < 1.29 is 28.6 Å². The molecule has 0 aliphatic rings. The molecule has 0 N–H and O–H groups in total. The van der Waals surface area contributed by atoms with Crippen LogP contribution >= 0.6 is 0 Å². The van der Waals surface area contributed by atoms with E-state index in [1.54, 1.807) is 0 Å². The Morgan fingerprint density at radius 3 is 1.18 bits per heavy atom. The molecule has 0 saturated carbocycles. The highest BCUT2D eigenvalue weighted by Gasteiger charge is 2.18. The molecule has 0 rings (SSSR count). The number of nitrogens with zero attached hydrogens (tertiary/aromatic N) is 2. The third-order valence-corrected chi connectivity index (χ3v) is 7.99. The number of hydrogen-bond acceptors (Lipinski definition) is 7. The first-order valence-electron chi connectivity index (χ1n) is 18.2. The minimum absolute atomic E-state index is 0.153. The predicted molar refractivity (Wildman–Crippen MR) is 180 cm³/mol. The summed E-state index contributed by atoms with van der Waals surface area (Å²) in [5.41, 5.74) is 0. The van der Waals surface area contributed by atoms with Crippen molar-refractivity contribution in [3.63, 3.8) is 0 Å². The van der Waals surface area contributed by atoms with Crippen LogP contribution in [0.1, 0.15) is 168 Å². The average molecular weight is 627 g/mol. The summed E-state index contributed by atoms with van der Waals surface area (Å²) in [7, 11) is 3.86. The zero-order valence-corrected chi connectivity index (χ0v) is 29.4. The number of likely N-dealkylation sites (N-methyl/N-ethyl adjacent to an activating group) is 1. The van der Waals surface area contributed by atoms with Crippen LogP contribution in [0, 0.1) is 0 Å². The average Bonchev–Trinajstić information content (AvgIpc) is 3.00. The molecule has 0 aliphatic heterocycles. The number of carbonyl (C=O) groups is 3. The molecule has 1 amide bonds. The van der Waals surface area contributed by atoms with Crippen molar-refractivity contribution in [1.82, 2.24) is 9.80 Å². The van der Waals surface area contributed by atoms with Crippen molar-refractivity contribution >= 4 is 17.8 Å². The molecule has 260 valence electrons. The molecule has 0 aromatic heterocycles. The maximum absolute atomic E-state index is 12.7. The lowest BCUT2D eigenvalue weighted by Crippen LogP contribution is -2.39. The molecule has 0 saturated heterocycles. The van der Waals surface area contributed by atoms with Crippen molar-refractivity contribution in [2.75, 3.05) is 47.3 Å². The lowest BCUT2D eigenvalue weighted by Gasteiger charge is -2.22. The number of carbonyl (C=O) groups excluding carboxylic acids is 3. The normalized spacial score (nSPS) is 11.2. The maximum Gasteiger partial charge on any atom is 0.307 e. The Kier molecular flexibility index (Phi) is 31.5. The third kappa shape index (κ3) is 30.4. The Bertz CT molecular complexity index is 631. The Hall–Kier alpha value is -1.67. The topological polar surface area (TPSA) is 85.4 Å². The van der Waals surface area contributed by atoms with Crippen LogP contribution in [-0.4, -0.2) is 75.0 Å². The molecular weight excluding hydrogens is 556 g/mol. The SMILES string of the molecule is CCCCCCCCCCCCCC(=O)OCN(COC(=O)CCCCCCCCCCCCC)C(=O)COCCN(C)C. The summed E-state index contributed by atoms with van der Waals surface area (Å²) in [4.78, 5) is 40.6. The molecule has 0 fully saturated rings. The Balaban J connectivity index is 4.21. The second-order valence-corrected chi connectivity index (χ2v) is 12.7. The molecule has 0 bridgehead atoms. The van der Waals surface area contributed by atoms with Crippen molar-refractivity contribution in [2.45, 2.75) is 168 Å². The zero-order valence-electron chi connectivity index (χ0n) is 29.4. The summed E-state index contributed by atoms with van der Waals surface area (Å²) >= 11 is 0. The van der Waals surface area contributed by atoms with Gasteiger partial charge in [0.2, 0.25) is 0 Å². The highest BCUT2D eigenvalue weighted by molar-refractivity contribution is 5.78. The van der Waals surface area contributed by atoms with Gasteiger partial charge in [-0.1, -0.05) is 142 Å². The van der Waals surface area contributed by atoms with Gasteiger partial charge in [0.05, 0.1) is 6.61 Å². The molecular formula is C36H70N2O6. The molecule has 0 unspecified atom stereocenters. The van der Waals surface area contributed by atoms with Gasteiger partial charge in [0, 0.05) is 19.4 Å². The first kappa shape index (κ1) is 42.3. The first-order chi connectivity index (χ1) is 21.4. The van der Waals surface area contributed by atoms with Crippen molar-refractivity contribution in [1.29, 1.82) is 0 Å². The van der Waals surface area contributed by atoms with Crippen LogP contribution in [0.4, 0.5) is 0 Å². The van der Waals surface area contributed by atoms with E-state index in [0.717, 1.165) is 38.5 Å². The lowest BCUT2D eigenvalue weighted by molar-refractivity contribution is -0.165. The quantitative estimate of drug-likeness (QED) is 0.0409. The molecule has 8 nitrogen and oxygen atoms in total. The van der Waals surface area contributed by atoms with E-state index in [2.05, 4.69) is 13.8 Å². The van der Waals surface area contributed by atoms with Crippen LogP contribution in [0.15, 0.2) is 0 Å². The van der Waals surface area contributed by atoms with Crippen LogP contribution in [0.5, 0.6) is 0 Å². The summed E-state index contributed by atoms with van der Waals surface area (Å²) in [6.07, 6.45) is 27.4. The predicted octanol–water partition coefficient (Wildman–Crippen LogP) is 8.80. The number of esters is 2. The van der Waals surface area contributed by atoms with Gasteiger partial charge in [0.15, 0.2) is 13.5 Å². The van der Waals surface area contributed by atoms with Gasteiger partial charge in [-0.2, -0.15) is 0 Å². The number of rotatable bonds is 33. The van der Waals surface area contributed by atoms with E-state index in [4.69, 9.17) is 14.2 Å². The fraction of sp³-hybridized carbons (Fsp3) is 0.917. The molecule has 0 radical (unpaired) electrons. The molecule has 0 aliphatic carbocycles. The second kappa shape index (κ2) is 32.7. The number of ether oxygens (including phenoxy) is 3. The summed E-state index contributed by atoms with van der Waals surface area (Å²) in [5.74, 6) is -1.03. The summed E-state index contributed by atoms with van der Waals surface area (Å²) in [6.45, 7) is 4.95. The van der Waals surface area contributed by atoms with Crippen LogP contribution < -0.4 is 0 Å². The van der Waals surface area contributed by atoms with Crippen molar-refractivity contribution in [3.05, 3.63) is 0 Å². The number of amides is 1. The van der Waals surface area contributed by atoms with E-state index < -0.39 is 0 Å². The number of hydrogen-bond donors (Lipinski definition) is 0. The van der Waals surface area contributed by atoms with Crippen molar-refractivity contribution in [3.8, 4) is 0 Å².